The van der Waals surface area contributed by atoms with Gasteiger partial charge in [-0.05, 0) is 36.9 Å². The lowest BCUT2D eigenvalue weighted by molar-refractivity contribution is -0.118. The van der Waals surface area contributed by atoms with Crippen LogP contribution in [0.15, 0.2) is 53.4 Å². The maximum atomic E-state index is 13.0. The Balaban J connectivity index is 1.63. The van der Waals surface area contributed by atoms with E-state index in [1.807, 2.05) is 19.1 Å². The third-order valence-corrected chi connectivity index (χ3v) is 5.28. The average molecular weight is 393 g/mol. The number of carbonyl (C=O) groups is 4. The predicted molar refractivity (Wildman–Crippen MR) is 107 cm³/mol. The second kappa shape index (κ2) is 6.97. The van der Waals surface area contributed by atoms with Crippen LogP contribution in [0.25, 0.3) is 5.57 Å². The summed E-state index contributed by atoms with van der Waals surface area (Å²) in [5.74, 6) is -1.44. The van der Waals surface area contributed by atoms with Crippen molar-refractivity contribution >= 4 is 51.7 Å². The number of rotatable bonds is 3. The van der Waals surface area contributed by atoms with Crippen molar-refractivity contribution in [3.05, 3.63) is 64.6 Å². The minimum absolute atomic E-state index is 0.0592. The Kier molecular flexibility index (Phi) is 4.48. The number of anilines is 2. The highest BCUT2D eigenvalue weighted by atomic mass is 32.2. The maximum absolute atomic E-state index is 13.0. The van der Waals surface area contributed by atoms with E-state index in [-0.39, 0.29) is 22.9 Å². The van der Waals surface area contributed by atoms with Crippen LogP contribution >= 0.6 is 11.8 Å². The Morgan fingerprint density at radius 2 is 1.79 bits per heavy atom. The fourth-order valence-corrected chi connectivity index (χ4v) is 3.89. The molecule has 2 aliphatic rings. The number of amides is 4. The Hall–Kier alpha value is -3.39. The van der Waals surface area contributed by atoms with Crippen LogP contribution in [0.5, 0.6) is 0 Å². The number of imide groups is 1. The number of thioether (sulfide) groups is 1. The molecule has 2 aliphatic heterocycles. The van der Waals surface area contributed by atoms with Gasteiger partial charge in [0.25, 0.3) is 17.1 Å². The molecule has 28 heavy (non-hydrogen) atoms. The van der Waals surface area contributed by atoms with Crippen LogP contribution in [0.4, 0.5) is 16.2 Å². The van der Waals surface area contributed by atoms with Gasteiger partial charge in [-0.15, -0.1) is 0 Å². The first-order valence-electron chi connectivity index (χ1n) is 8.49. The monoisotopic (exact) mass is 393 g/mol. The summed E-state index contributed by atoms with van der Waals surface area (Å²) in [5, 5.41) is 4.41. The van der Waals surface area contributed by atoms with Crippen molar-refractivity contribution in [3.8, 4) is 0 Å². The molecular formula is C20H15N3O4S. The summed E-state index contributed by atoms with van der Waals surface area (Å²) in [5.41, 5.74) is 2.90. The smallest absolute Gasteiger partial charge is 0.290 e. The zero-order valence-electron chi connectivity index (χ0n) is 14.8. The normalized spacial score (nSPS) is 18.3. The van der Waals surface area contributed by atoms with E-state index in [0.717, 1.165) is 5.56 Å². The van der Waals surface area contributed by atoms with E-state index >= 15 is 0 Å². The van der Waals surface area contributed by atoms with Crippen molar-refractivity contribution in [3.63, 3.8) is 0 Å². The van der Waals surface area contributed by atoms with Crippen LogP contribution in [0.1, 0.15) is 11.1 Å². The number of fused-ring (bicyclic) bond motifs is 1. The number of aryl methyl sites for hydroxylation is 1. The summed E-state index contributed by atoms with van der Waals surface area (Å²) in [6.45, 7) is 1.74. The summed E-state index contributed by atoms with van der Waals surface area (Å²) in [4.78, 5) is 50.5. The maximum Gasteiger partial charge on any atom is 0.290 e. The van der Waals surface area contributed by atoms with E-state index in [9.17, 15) is 19.2 Å². The molecule has 1 fully saturated rings. The number of carbonyl (C=O) groups excluding carboxylic acids is 4. The largest absolute Gasteiger partial charge is 0.325 e. The molecule has 2 N–H and O–H groups in total. The standard InChI is InChI=1S/C20H15N3O4S/c1-11-6-8-12(9-7-11)21-15(24)10-23-14-5-3-2-4-13(14)16(19(23)26)17-18(25)22-20(27)28-17/h2-9H,10H2,1H3,(H,21,24)(H,22,25,27)/b17-16+. The van der Waals surface area contributed by atoms with Gasteiger partial charge in [-0.1, -0.05) is 35.9 Å². The third-order valence-electron chi connectivity index (χ3n) is 4.40. The molecule has 7 nitrogen and oxygen atoms in total. The highest BCUT2D eigenvalue weighted by Gasteiger charge is 2.40. The first-order valence-corrected chi connectivity index (χ1v) is 9.31. The zero-order valence-corrected chi connectivity index (χ0v) is 15.6. The van der Waals surface area contributed by atoms with Gasteiger partial charge in [0.2, 0.25) is 5.91 Å². The van der Waals surface area contributed by atoms with Gasteiger partial charge < -0.3 is 5.32 Å². The molecule has 2 heterocycles. The number of hydrogen-bond donors (Lipinski definition) is 2. The quantitative estimate of drug-likeness (QED) is 0.782. The SMILES string of the molecule is Cc1ccc(NC(=O)CN2C(=O)/C(=C3/SC(=O)NC3=O)c3ccccc32)cc1. The Morgan fingerprint density at radius 1 is 1.07 bits per heavy atom. The van der Waals surface area contributed by atoms with Gasteiger partial charge in [-0.3, -0.25) is 29.4 Å². The molecule has 0 saturated carbocycles. The summed E-state index contributed by atoms with van der Waals surface area (Å²) in [6, 6.07) is 14.2. The van der Waals surface area contributed by atoms with Crippen molar-refractivity contribution in [1.82, 2.24) is 5.32 Å². The van der Waals surface area contributed by atoms with Gasteiger partial charge in [0.15, 0.2) is 0 Å². The number of para-hydroxylation sites is 1. The van der Waals surface area contributed by atoms with Crippen LogP contribution < -0.4 is 15.5 Å². The zero-order chi connectivity index (χ0) is 19.8. The van der Waals surface area contributed by atoms with Crippen molar-refractivity contribution in [2.75, 3.05) is 16.8 Å². The molecular weight excluding hydrogens is 378 g/mol. The van der Waals surface area contributed by atoms with Crippen molar-refractivity contribution in [1.29, 1.82) is 0 Å². The third kappa shape index (κ3) is 3.18. The van der Waals surface area contributed by atoms with E-state index in [1.165, 1.54) is 4.90 Å². The Morgan fingerprint density at radius 3 is 2.46 bits per heavy atom. The molecule has 0 spiro atoms. The van der Waals surface area contributed by atoms with Gasteiger partial charge >= 0.3 is 0 Å². The molecule has 4 amide bonds. The number of benzene rings is 2. The highest BCUT2D eigenvalue weighted by molar-refractivity contribution is 8.18. The lowest BCUT2D eigenvalue weighted by atomic mass is 10.1. The van der Waals surface area contributed by atoms with E-state index in [0.29, 0.717) is 28.7 Å². The number of hydrogen-bond acceptors (Lipinski definition) is 5. The summed E-state index contributed by atoms with van der Waals surface area (Å²) in [7, 11) is 0. The van der Waals surface area contributed by atoms with Crippen LogP contribution in [0.2, 0.25) is 0 Å². The fraction of sp³-hybridized carbons (Fsp3) is 0.100. The first-order chi connectivity index (χ1) is 13.4. The first kappa shape index (κ1) is 18.0. The number of nitrogens with one attached hydrogen (secondary N) is 2. The van der Waals surface area contributed by atoms with Crippen molar-refractivity contribution in [2.45, 2.75) is 6.92 Å². The molecule has 0 bridgehead atoms. The molecule has 4 rings (SSSR count). The molecule has 8 heteroatoms. The summed E-state index contributed by atoms with van der Waals surface area (Å²) < 4.78 is 0. The van der Waals surface area contributed by atoms with Crippen LogP contribution in [-0.2, 0) is 14.4 Å². The summed E-state index contributed by atoms with van der Waals surface area (Å²) in [6.07, 6.45) is 0. The molecule has 2 aromatic carbocycles. The number of nitrogens with zero attached hydrogens (tertiary/aromatic N) is 1. The van der Waals surface area contributed by atoms with Gasteiger partial charge in [-0.25, -0.2) is 0 Å². The molecule has 1 saturated heterocycles. The second-order valence-corrected chi connectivity index (χ2v) is 7.35. The second-order valence-electron chi connectivity index (χ2n) is 6.37. The van der Waals surface area contributed by atoms with Crippen molar-refractivity contribution in [2.24, 2.45) is 0 Å². The van der Waals surface area contributed by atoms with E-state index in [2.05, 4.69) is 10.6 Å². The summed E-state index contributed by atoms with van der Waals surface area (Å²) >= 11 is 0.695. The van der Waals surface area contributed by atoms with E-state index in [4.69, 9.17) is 0 Å². The van der Waals surface area contributed by atoms with Crippen LogP contribution in [0, 0.1) is 6.92 Å². The van der Waals surface area contributed by atoms with Crippen LogP contribution in [-0.4, -0.2) is 29.5 Å². The Bertz CT molecular complexity index is 1060. The highest BCUT2D eigenvalue weighted by Crippen LogP contribution is 2.42. The molecule has 2 aromatic rings. The predicted octanol–water partition coefficient (Wildman–Crippen LogP) is 2.67. The Labute approximate surface area is 164 Å². The molecule has 140 valence electrons. The lowest BCUT2D eigenvalue weighted by Gasteiger charge is -2.16. The lowest BCUT2D eigenvalue weighted by Crippen LogP contribution is -2.35. The van der Waals surface area contributed by atoms with Crippen molar-refractivity contribution < 1.29 is 19.2 Å². The minimum Gasteiger partial charge on any atom is -0.325 e. The molecule has 0 unspecified atom stereocenters. The van der Waals surface area contributed by atoms with Gasteiger partial charge in [0, 0.05) is 11.3 Å². The van der Waals surface area contributed by atoms with Gasteiger partial charge in [0.1, 0.15) is 6.54 Å². The topological polar surface area (TPSA) is 95.6 Å². The fourth-order valence-electron chi connectivity index (χ4n) is 3.12. The minimum atomic E-state index is -0.598. The van der Waals surface area contributed by atoms with Crippen LogP contribution in [0.3, 0.4) is 0 Å². The molecule has 0 aliphatic carbocycles. The molecule has 0 radical (unpaired) electrons. The van der Waals surface area contributed by atoms with Gasteiger partial charge in [0.05, 0.1) is 16.2 Å². The van der Waals surface area contributed by atoms with Gasteiger partial charge in [-0.2, -0.15) is 0 Å². The van der Waals surface area contributed by atoms with E-state index < -0.39 is 17.1 Å². The average Bonchev–Trinajstić information content (AvgIpc) is 3.13. The van der Waals surface area contributed by atoms with E-state index in [1.54, 1.807) is 36.4 Å². The molecule has 0 aromatic heterocycles. The molecule has 0 atom stereocenters.